The van der Waals surface area contributed by atoms with Crippen molar-refractivity contribution in [1.82, 2.24) is 0 Å². The van der Waals surface area contributed by atoms with Crippen LogP contribution in [0.4, 0.5) is 0 Å². The first kappa shape index (κ1) is 18.3. The average Bonchev–Trinajstić information content (AvgIpc) is 3.00. The van der Waals surface area contributed by atoms with Crippen molar-refractivity contribution in [3.05, 3.63) is 110 Å². The molecule has 0 fully saturated rings. The third-order valence-electron chi connectivity index (χ3n) is 2.27. The Balaban J connectivity index is 0.000000268. The van der Waals surface area contributed by atoms with Crippen LogP contribution in [0.1, 0.15) is 17.5 Å². The molecule has 103 valence electrons. The molecule has 0 saturated heterocycles. The van der Waals surface area contributed by atoms with Gasteiger partial charge in [0.1, 0.15) is 0 Å². The quantitative estimate of drug-likeness (QED) is 0.462. The Kier molecular flexibility index (Phi) is 11.3. The summed E-state index contributed by atoms with van der Waals surface area (Å²) >= 11 is 0. The van der Waals surface area contributed by atoms with Crippen molar-refractivity contribution in [2.24, 2.45) is 0 Å². The van der Waals surface area contributed by atoms with Gasteiger partial charge in [-0.3, -0.25) is 6.08 Å². The minimum absolute atomic E-state index is 0. The first-order valence-electron chi connectivity index (χ1n) is 6.25. The second-order valence-electron chi connectivity index (χ2n) is 3.97. The topological polar surface area (TPSA) is 0 Å². The van der Waals surface area contributed by atoms with E-state index in [-0.39, 0.29) is 19.5 Å². The van der Waals surface area contributed by atoms with E-state index in [4.69, 9.17) is 0 Å². The molecule has 0 atom stereocenters. The summed E-state index contributed by atoms with van der Waals surface area (Å²) in [5.41, 5.74) is 2.14. The molecule has 1 heteroatoms. The molecule has 2 aromatic carbocycles. The fourth-order valence-corrected chi connectivity index (χ4v) is 1.30. The summed E-state index contributed by atoms with van der Waals surface area (Å²) in [5.74, 6) is 0. The molecule has 1 radical (unpaired) electrons. The number of hydrogen-bond donors (Lipinski definition) is 0. The van der Waals surface area contributed by atoms with Gasteiger partial charge < -0.3 is 0 Å². The zero-order valence-electron chi connectivity index (χ0n) is 11.5. The summed E-state index contributed by atoms with van der Waals surface area (Å²) in [6, 6.07) is 19.7. The normalized spacial score (nSPS) is 10.4. The van der Waals surface area contributed by atoms with Crippen LogP contribution in [-0.4, -0.2) is 0 Å². The molecule has 0 bridgehead atoms. The summed E-state index contributed by atoms with van der Waals surface area (Å²) < 4.78 is 0. The molecule has 0 N–H and O–H groups in total. The predicted octanol–water partition coefficient (Wildman–Crippen LogP) is 5.04. The Bertz CT molecular complexity index is 436. The van der Waals surface area contributed by atoms with E-state index in [1.807, 2.05) is 72.8 Å². The van der Waals surface area contributed by atoms with Crippen LogP contribution in [0.5, 0.6) is 0 Å². The van der Waals surface area contributed by atoms with Gasteiger partial charge in [-0.05, 0) is 0 Å². The van der Waals surface area contributed by atoms with Crippen LogP contribution in [-0.2, 0) is 19.5 Å². The number of hydrogen-bond acceptors (Lipinski definition) is 0. The molecule has 0 nitrogen and oxygen atoms in total. The average molecular weight is 348 g/mol. The first-order chi connectivity index (χ1) is 9.29. The second kappa shape index (κ2) is 12.3. The van der Waals surface area contributed by atoms with Gasteiger partial charge in [0.25, 0.3) is 0 Å². The summed E-state index contributed by atoms with van der Waals surface area (Å²) in [6.07, 6.45) is 10.0. The Labute approximate surface area is 136 Å². The number of benzene rings is 2. The van der Waals surface area contributed by atoms with Gasteiger partial charge in [-0.2, -0.15) is 55.3 Å². The Morgan fingerprint density at radius 3 is 1.35 bits per heavy atom. The monoisotopic (exact) mass is 349 g/mol. The molecule has 1 aliphatic carbocycles. The molecular weight excluding hydrogens is 329 g/mol. The molecule has 0 unspecified atom stereocenters. The van der Waals surface area contributed by atoms with Crippen LogP contribution in [0.15, 0.2) is 78.9 Å². The van der Waals surface area contributed by atoms with Crippen molar-refractivity contribution >= 4 is 0 Å². The number of rotatable bonds is 0. The molecular formula is C19H19Ru. The van der Waals surface area contributed by atoms with Crippen LogP contribution < -0.4 is 0 Å². The predicted molar refractivity (Wildman–Crippen MR) is 83.4 cm³/mol. The first-order valence-corrected chi connectivity index (χ1v) is 6.25. The zero-order valence-corrected chi connectivity index (χ0v) is 13.2. The van der Waals surface area contributed by atoms with Gasteiger partial charge in [-0.1, -0.05) is 12.1 Å². The van der Waals surface area contributed by atoms with E-state index in [1.54, 1.807) is 0 Å². The standard InChI is InChI=1S/2C7H7.C5H5.Ru/c2*1-7-5-3-2-4-6-7;1-2-4-5-3-1;/h2*2-6H,1H2;1-3H,4H2;/q3*-1;+3. The van der Waals surface area contributed by atoms with Gasteiger partial charge in [-0.25, -0.2) is 12.2 Å². The van der Waals surface area contributed by atoms with E-state index in [9.17, 15) is 0 Å². The van der Waals surface area contributed by atoms with Gasteiger partial charge in [0.15, 0.2) is 0 Å². The molecule has 20 heavy (non-hydrogen) atoms. The van der Waals surface area contributed by atoms with Crippen LogP contribution in [0.25, 0.3) is 0 Å². The molecule has 0 spiro atoms. The Morgan fingerprint density at radius 1 is 0.750 bits per heavy atom. The molecule has 0 aliphatic heterocycles. The van der Waals surface area contributed by atoms with E-state index < -0.39 is 0 Å². The third-order valence-corrected chi connectivity index (χ3v) is 2.27. The second-order valence-corrected chi connectivity index (χ2v) is 3.97. The molecule has 2 aromatic rings. The van der Waals surface area contributed by atoms with Gasteiger partial charge in [0, 0.05) is 0 Å². The summed E-state index contributed by atoms with van der Waals surface area (Å²) in [6.45, 7) is 7.44. The van der Waals surface area contributed by atoms with E-state index in [1.165, 1.54) is 0 Å². The maximum absolute atomic E-state index is 3.72. The maximum atomic E-state index is 3.72. The summed E-state index contributed by atoms with van der Waals surface area (Å²) in [4.78, 5) is 0. The van der Waals surface area contributed by atoms with Crippen molar-refractivity contribution in [1.29, 1.82) is 0 Å². The maximum Gasteiger partial charge on any atom is 3.00 e. The minimum Gasteiger partial charge on any atom is -0.273 e. The van der Waals surface area contributed by atoms with E-state index in [2.05, 4.69) is 26.0 Å². The molecule has 0 aromatic heterocycles. The van der Waals surface area contributed by atoms with Crippen molar-refractivity contribution in [3.63, 3.8) is 0 Å². The summed E-state index contributed by atoms with van der Waals surface area (Å²) in [7, 11) is 0. The van der Waals surface area contributed by atoms with E-state index in [0.29, 0.717) is 0 Å². The van der Waals surface area contributed by atoms with Crippen molar-refractivity contribution in [2.45, 2.75) is 6.42 Å². The third kappa shape index (κ3) is 10.2. The fourth-order valence-electron chi connectivity index (χ4n) is 1.30. The van der Waals surface area contributed by atoms with Gasteiger partial charge in [0.05, 0.1) is 0 Å². The van der Waals surface area contributed by atoms with Gasteiger partial charge in [0.2, 0.25) is 0 Å². The van der Waals surface area contributed by atoms with Gasteiger partial charge >= 0.3 is 19.5 Å². The van der Waals surface area contributed by atoms with Crippen LogP contribution in [0, 0.1) is 19.9 Å². The Morgan fingerprint density at radius 2 is 1.20 bits per heavy atom. The number of allylic oxidation sites excluding steroid dienone is 4. The van der Waals surface area contributed by atoms with Crippen molar-refractivity contribution in [2.75, 3.05) is 0 Å². The minimum atomic E-state index is 0. The van der Waals surface area contributed by atoms with E-state index in [0.717, 1.165) is 17.5 Å². The SMILES string of the molecule is [C-]1=CC=CC1.[CH2-]c1ccccc1.[CH2-]c1ccccc1.[Ru+3]. The van der Waals surface area contributed by atoms with Gasteiger partial charge in [-0.15, -0.1) is 30.7 Å². The smallest absolute Gasteiger partial charge is 0.273 e. The van der Waals surface area contributed by atoms with Crippen LogP contribution in [0.3, 0.4) is 0 Å². The molecule has 3 rings (SSSR count). The van der Waals surface area contributed by atoms with Crippen LogP contribution in [0.2, 0.25) is 0 Å². The molecule has 0 amide bonds. The van der Waals surface area contributed by atoms with Crippen molar-refractivity contribution in [3.8, 4) is 0 Å². The zero-order chi connectivity index (χ0) is 13.8. The largest absolute Gasteiger partial charge is 3.00 e. The van der Waals surface area contributed by atoms with E-state index >= 15 is 0 Å². The molecule has 1 aliphatic rings. The molecule has 0 heterocycles. The fraction of sp³-hybridized carbons (Fsp3) is 0.0526. The Hall–Kier alpha value is -1.72. The van der Waals surface area contributed by atoms with Crippen LogP contribution >= 0.6 is 0 Å². The molecule has 0 saturated carbocycles. The summed E-state index contributed by atoms with van der Waals surface area (Å²) in [5, 5.41) is 0. The van der Waals surface area contributed by atoms with Crippen molar-refractivity contribution < 1.29 is 19.5 Å².